The molecule has 1 saturated heterocycles. The van der Waals surface area contributed by atoms with Crippen LogP contribution in [0.4, 0.5) is 0 Å². The minimum Gasteiger partial charge on any atom is -0.372 e. The minimum absolute atomic E-state index is 0.279. The van der Waals surface area contributed by atoms with Crippen LogP contribution in [-0.4, -0.2) is 19.2 Å². The van der Waals surface area contributed by atoms with E-state index in [2.05, 4.69) is 5.32 Å². The fourth-order valence-electron chi connectivity index (χ4n) is 1.83. The van der Waals surface area contributed by atoms with Gasteiger partial charge in [-0.3, -0.25) is 0 Å². The van der Waals surface area contributed by atoms with Gasteiger partial charge in [0.25, 0.3) is 0 Å². The third-order valence-electron chi connectivity index (χ3n) is 2.78. The van der Waals surface area contributed by atoms with Crippen molar-refractivity contribution in [2.75, 3.05) is 13.1 Å². The fourth-order valence-corrected chi connectivity index (χ4v) is 2.34. The van der Waals surface area contributed by atoms with Crippen LogP contribution in [0, 0.1) is 0 Å². The highest BCUT2D eigenvalue weighted by molar-refractivity contribution is 6.35. The van der Waals surface area contributed by atoms with Crippen molar-refractivity contribution >= 4 is 23.2 Å². The summed E-state index contributed by atoms with van der Waals surface area (Å²) in [4.78, 5) is 0. The van der Waals surface area contributed by atoms with Gasteiger partial charge in [0.1, 0.15) is 0 Å². The first-order valence-electron chi connectivity index (χ1n) is 5.52. The Labute approximate surface area is 106 Å². The lowest BCUT2D eigenvalue weighted by molar-refractivity contribution is 0.0254. The summed E-state index contributed by atoms with van der Waals surface area (Å²) in [6, 6.07) is 5.52. The van der Waals surface area contributed by atoms with Crippen molar-refractivity contribution in [2.24, 2.45) is 0 Å². The number of hydrogen-bond acceptors (Lipinski definition) is 2. The molecule has 1 aliphatic heterocycles. The number of hydrogen-bond donors (Lipinski definition) is 1. The Morgan fingerprint density at radius 3 is 2.69 bits per heavy atom. The van der Waals surface area contributed by atoms with Gasteiger partial charge in [0.05, 0.1) is 12.7 Å². The Balaban J connectivity index is 1.93. The van der Waals surface area contributed by atoms with Gasteiger partial charge in [-0.15, -0.1) is 0 Å². The number of halogens is 2. The maximum Gasteiger partial charge on any atom is 0.0750 e. The third kappa shape index (κ3) is 3.11. The second-order valence-electron chi connectivity index (χ2n) is 3.98. The molecule has 0 unspecified atom stereocenters. The van der Waals surface area contributed by atoms with Gasteiger partial charge in [0.15, 0.2) is 0 Å². The lowest BCUT2D eigenvalue weighted by atomic mass is 10.1. The highest BCUT2D eigenvalue weighted by atomic mass is 35.5. The van der Waals surface area contributed by atoms with Crippen LogP contribution in [0.3, 0.4) is 0 Å². The molecule has 1 aromatic rings. The van der Waals surface area contributed by atoms with Crippen LogP contribution in [0.25, 0.3) is 0 Å². The third-order valence-corrected chi connectivity index (χ3v) is 3.48. The lowest BCUT2D eigenvalue weighted by Gasteiger charge is -2.23. The van der Waals surface area contributed by atoms with E-state index in [1.165, 1.54) is 6.42 Å². The molecule has 0 saturated carbocycles. The van der Waals surface area contributed by atoms with E-state index in [1.54, 1.807) is 0 Å². The fraction of sp³-hybridized carbons (Fsp3) is 0.500. The summed E-state index contributed by atoms with van der Waals surface area (Å²) in [6.07, 6.45) is 2.55. The van der Waals surface area contributed by atoms with Gasteiger partial charge in [0, 0.05) is 22.2 Å². The molecule has 0 aromatic heterocycles. The molecule has 1 aliphatic rings. The second-order valence-corrected chi connectivity index (χ2v) is 4.79. The molecule has 0 bridgehead atoms. The van der Waals surface area contributed by atoms with Crippen LogP contribution >= 0.6 is 23.2 Å². The zero-order valence-corrected chi connectivity index (χ0v) is 10.5. The van der Waals surface area contributed by atoms with E-state index < -0.39 is 0 Å². The maximum atomic E-state index is 6.07. The zero-order valence-electron chi connectivity index (χ0n) is 9.01. The Morgan fingerprint density at radius 1 is 1.31 bits per heavy atom. The molecule has 2 rings (SSSR count). The van der Waals surface area contributed by atoms with E-state index in [4.69, 9.17) is 27.9 Å². The van der Waals surface area contributed by atoms with E-state index in [0.29, 0.717) is 16.7 Å². The highest BCUT2D eigenvalue weighted by Crippen LogP contribution is 2.25. The summed E-state index contributed by atoms with van der Waals surface area (Å²) in [5.74, 6) is 0. The van der Waals surface area contributed by atoms with Crippen molar-refractivity contribution in [3.8, 4) is 0 Å². The maximum absolute atomic E-state index is 6.07. The topological polar surface area (TPSA) is 21.3 Å². The number of piperidine rings is 1. The zero-order chi connectivity index (χ0) is 11.4. The smallest absolute Gasteiger partial charge is 0.0750 e. The first-order chi connectivity index (χ1) is 7.77. The van der Waals surface area contributed by atoms with Gasteiger partial charge < -0.3 is 10.1 Å². The van der Waals surface area contributed by atoms with Gasteiger partial charge in [-0.2, -0.15) is 0 Å². The molecule has 1 atom stereocenters. The van der Waals surface area contributed by atoms with E-state index >= 15 is 0 Å². The number of rotatable bonds is 3. The summed E-state index contributed by atoms with van der Waals surface area (Å²) < 4.78 is 5.80. The summed E-state index contributed by atoms with van der Waals surface area (Å²) in [5.41, 5.74) is 0.886. The Hall–Kier alpha value is -0.280. The largest absolute Gasteiger partial charge is 0.372 e. The van der Waals surface area contributed by atoms with Crippen molar-refractivity contribution < 1.29 is 4.74 Å². The monoisotopic (exact) mass is 259 g/mol. The average molecular weight is 260 g/mol. The van der Waals surface area contributed by atoms with Gasteiger partial charge in [-0.05, 0) is 31.5 Å². The number of nitrogens with one attached hydrogen (secondary N) is 1. The Bertz CT molecular complexity index is 331. The SMILES string of the molecule is Clc1cccc(Cl)c1CO[C@H]1CCCNC1. The number of benzene rings is 1. The van der Waals surface area contributed by atoms with Gasteiger partial charge in [0.2, 0.25) is 0 Å². The van der Waals surface area contributed by atoms with E-state index in [0.717, 1.165) is 25.1 Å². The van der Waals surface area contributed by atoms with Crippen molar-refractivity contribution in [3.05, 3.63) is 33.8 Å². The molecule has 0 amide bonds. The molecule has 2 nitrogen and oxygen atoms in total. The van der Waals surface area contributed by atoms with Gasteiger partial charge in [-0.25, -0.2) is 0 Å². The van der Waals surface area contributed by atoms with Crippen molar-refractivity contribution in [1.29, 1.82) is 0 Å². The second kappa shape index (κ2) is 5.87. The minimum atomic E-state index is 0.279. The molecular formula is C12H15Cl2NO. The van der Waals surface area contributed by atoms with Gasteiger partial charge in [-0.1, -0.05) is 29.3 Å². The van der Waals surface area contributed by atoms with Crippen molar-refractivity contribution in [3.63, 3.8) is 0 Å². The normalized spacial score (nSPS) is 21.0. The molecule has 0 spiro atoms. The highest BCUT2D eigenvalue weighted by Gasteiger charge is 2.14. The predicted octanol–water partition coefficient (Wildman–Crippen LogP) is 3.26. The van der Waals surface area contributed by atoms with Crippen molar-refractivity contribution in [1.82, 2.24) is 5.32 Å². The average Bonchev–Trinajstić information content (AvgIpc) is 2.30. The van der Waals surface area contributed by atoms with Crippen LogP contribution in [0.1, 0.15) is 18.4 Å². The quantitative estimate of drug-likeness (QED) is 0.900. The predicted molar refractivity (Wildman–Crippen MR) is 67.1 cm³/mol. The summed E-state index contributed by atoms with van der Waals surface area (Å²) in [7, 11) is 0. The summed E-state index contributed by atoms with van der Waals surface area (Å²) in [6.45, 7) is 2.50. The summed E-state index contributed by atoms with van der Waals surface area (Å²) in [5, 5.41) is 4.66. The molecule has 1 aromatic carbocycles. The molecule has 16 heavy (non-hydrogen) atoms. The van der Waals surface area contributed by atoms with Crippen LogP contribution in [-0.2, 0) is 11.3 Å². The molecule has 4 heteroatoms. The molecule has 0 aliphatic carbocycles. The Morgan fingerprint density at radius 2 is 2.06 bits per heavy atom. The summed E-state index contributed by atoms with van der Waals surface area (Å²) >= 11 is 12.1. The standard InChI is InChI=1S/C12H15Cl2NO/c13-11-4-1-5-12(14)10(11)8-16-9-3-2-6-15-7-9/h1,4-5,9,15H,2-3,6-8H2/t9-/m0/s1. The van der Waals surface area contributed by atoms with E-state index in [-0.39, 0.29) is 6.10 Å². The van der Waals surface area contributed by atoms with E-state index in [9.17, 15) is 0 Å². The molecular weight excluding hydrogens is 245 g/mol. The van der Waals surface area contributed by atoms with Crippen LogP contribution < -0.4 is 5.32 Å². The van der Waals surface area contributed by atoms with Crippen LogP contribution in [0.15, 0.2) is 18.2 Å². The van der Waals surface area contributed by atoms with Gasteiger partial charge >= 0.3 is 0 Å². The molecule has 1 N–H and O–H groups in total. The molecule has 1 fully saturated rings. The lowest BCUT2D eigenvalue weighted by Crippen LogP contribution is -2.35. The molecule has 0 radical (unpaired) electrons. The van der Waals surface area contributed by atoms with Crippen LogP contribution in [0.2, 0.25) is 10.0 Å². The Kier molecular flexibility index (Phi) is 4.47. The number of ether oxygens (including phenoxy) is 1. The molecule has 1 heterocycles. The first kappa shape index (κ1) is 12.2. The van der Waals surface area contributed by atoms with Crippen molar-refractivity contribution in [2.45, 2.75) is 25.6 Å². The first-order valence-corrected chi connectivity index (χ1v) is 6.28. The molecule has 88 valence electrons. The van der Waals surface area contributed by atoms with Crippen LogP contribution in [0.5, 0.6) is 0 Å². The van der Waals surface area contributed by atoms with E-state index in [1.807, 2.05) is 18.2 Å².